The summed E-state index contributed by atoms with van der Waals surface area (Å²) in [5.41, 5.74) is 2.26. The first-order chi connectivity index (χ1) is 11.1. The first-order valence-electron chi connectivity index (χ1n) is 7.53. The molecule has 1 aliphatic rings. The van der Waals surface area contributed by atoms with Crippen molar-refractivity contribution in [3.63, 3.8) is 0 Å². The van der Waals surface area contributed by atoms with Crippen LogP contribution in [-0.4, -0.2) is 66.0 Å². The molecule has 1 aromatic carbocycles. The maximum Gasteiger partial charge on any atom is 0.285 e. The summed E-state index contributed by atoms with van der Waals surface area (Å²) in [6.07, 6.45) is 4.46. The van der Waals surface area contributed by atoms with Gasteiger partial charge in [0.05, 0.1) is 0 Å². The molecule has 2 heterocycles. The number of aryl methyl sites for hydroxylation is 1. The maximum atomic E-state index is 12.6. The molecule has 0 aliphatic carbocycles. The van der Waals surface area contributed by atoms with E-state index in [2.05, 4.69) is 22.4 Å². The van der Waals surface area contributed by atoms with Gasteiger partial charge in [0.2, 0.25) is 5.78 Å². The Kier molecular flexibility index (Phi) is 8.66. The Morgan fingerprint density at radius 1 is 1.28 bits per heavy atom. The fraction of sp³-hybridized carbons (Fsp3) is 0.353. The molecule has 0 bridgehead atoms. The van der Waals surface area contributed by atoms with Gasteiger partial charge in [0, 0.05) is 80.0 Å². The number of hydrogen-bond donors (Lipinski definition) is 1. The first-order valence-corrected chi connectivity index (χ1v) is 7.53. The molecule has 0 atom stereocenters. The SMILES string of the molecule is CN=[C-]N1CCN(C(=O)C(=O)c2c[nH]c3c(C)cc[c-]c23)CC1.[W].[Y]. The van der Waals surface area contributed by atoms with E-state index < -0.39 is 11.7 Å². The van der Waals surface area contributed by atoms with Crippen LogP contribution in [0.15, 0.2) is 23.3 Å². The summed E-state index contributed by atoms with van der Waals surface area (Å²) >= 11 is 0. The average Bonchev–Trinajstić information content (AvgIpc) is 3.00. The Hall–Kier alpha value is -0.838. The minimum atomic E-state index is -0.486. The number of ketones is 1. The van der Waals surface area contributed by atoms with Gasteiger partial charge in [0.25, 0.3) is 5.91 Å². The van der Waals surface area contributed by atoms with Crippen LogP contribution in [0.2, 0.25) is 0 Å². The molecule has 1 amide bonds. The number of carbonyl (C=O) groups is 2. The van der Waals surface area contributed by atoms with Gasteiger partial charge in [0.15, 0.2) is 0 Å². The third-order valence-corrected chi connectivity index (χ3v) is 4.08. The molecule has 1 aromatic heterocycles. The molecule has 6 nitrogen and oxygen atoms in total. The molecule has 129 valence electrons. The van der Waals surface area contributed by atoms with Crippen molar-refractivity contribution in [1.82, 2.24) is 14.8 Å². The second-order valence-electron chi connectivity index (χ2n) is 5.55. The number of nitrogens with zero attached hydrogens (tertiary/aromatic N) is 3. The van der Waals surface area contributed by atoms with Gasteiger partial charge >= 0.3 is 0 Å². The van der Waals surface area contributed by atoms with Gasteiger partial charge in [-0.15, -0.1) is 29.1 Å². The minimum absolute atomic E-state index is 0. The van der Waals surface area contributed by atoms with Gasteiger partial charge in [-0.2, -0.15) is 0 Å². The van der Waals surface area contributed by atoms with Crippen molar-refractivity contribution in [2.24, 2.45) is 4.99 Å². The largest absolute Gasteiger partial charge is 0.535 e. The standard InChI is InChI=1S/C17H18N4O2.W.Y/c1-12-4-3-5-13-14(10-19-15(12)13)16(22)17(23)21-8-6-20(7-9-21)11-18-2;;/h3-4,10,19H,6-9H2,1-2H3;;/q-2;;. The predicted octanol–water partition coefficient (Wildman–Crippen LogP) is 1.13. The number of fused-ring (bicyclic) bond motifs is 1. The van der Waals surface area contributed by atoms with E-state index in [9.17, 15) is 9.59 Å². The van der Waals surface area contributed by atoms with E-state index in [1.165, 1.54) is 0 Å². The summed E-state index contributed by atoms with van der Waals surface area (Å²) in [6, 6.07) is 6.74. The van der Waals surface area contributed by atoms with Crippen molar-refractivity contribution in [2.45, 2.75) is 6.92 Å². The number of H-pyrrole nitrogens is 1. The smallest absolute Gasteiger partial charge is 0.285 e. The second-order valence-corrected chi connectivity index (χ2v) is 5.55. The quantitative estimate of drug-likeness (QED) is 0.194. The van der Waals surface area contributed by atoms with Crippen molar-refractivity contribution in [1.29, 1.82) is 0 Å². The van der Waals surface area contributed by atoms with Gasteiger partial charge in [-0.1, -0.05) is 6.92 Å². The van der Waals surface area contributed by atoms with Crippen LogP contribution in [0.3, 0.4) is 0 Å². The summed E-state index contributed by atoms with van der Waals surface area (Å²) in [4.78, 5) is 35.4. The summed E-state index contributed by atoms with van der Waals surface area (Å²) in [7, 11) is 1.66. The molecule has 1 aliphatic heterocycles. The molecule has 1 radical (unpaired) electrons. The van der Waals surface area contributed by atoms with Crippen LogP contribution in [0.5, 0.6) is 0 Å². The molecule has 1 saturated heterocycles. The van der Waals surface area contributed by atoms with E-state index in [1.54, 1.807) is 24.2 Å². The van der Waals surface area contributed by atoms with Crippen LogP contribution in [-0.2, 0) is 58.6 Å². The molecule has 0 unspecified atom stereocenters. The van der Waals surface area contributed by atoms with Crippen molar-refractivity contribution in [3.8, 4) is 0 Å². The number of amides is 1. The van der Waals surface area contributed by atoms with E-state index in [4.69, 9.17) is 0 Å². The van der Waals surface area contributed by atoms with Crippen LogP contribution >= 0.6 is 0 Å². The summed E-state index contributed by atoms with van der Waals surface area (Å²) in [6.45, 7) is 4.22. The molecular formula is C17H18N4O2WY-2. The fourth-order valence-corrected chi connectivity index (χ4v) is 2.81. The third-order valence-electron chi connectivity index (χ3n) is 4.08. The van der Waals surface area contributed by atoms with E-state index in [-0.39, 0.29) is 53.8 Å². The molecule has 1 fully saturated rings. The number of aliphatic imine (C=N–C) groups is 1. The number of Topliss-reactive ketones (excluding diaryl/α,β-unsaturated/α-hetero) is 1. The molecule has 25 heavy (non-hydrogen) atoms. The number of nitrogens with one attached hydrogen (secondary N) is 1. The Morgan fingerprint density at radius 2 is 1.96 bits per heavy atom. The Balaban J connectivity index is 0.00000156. The van der Waals surface area contributed by atoms with Crippen molar-refractivity contribution < 1.29 is 63.4 Å². The van der Waals surface area contributed by atoms with E-state index in [0.29, 0.717) is 37.1 Å². The number of aromatic amines is 1. The molecule has 1 N–H and O–H groups in total. The summed E-state index contributed by atoms with van der Waals surface area (Å²) < 4.78 is 0. The molecule has 3 rings (SSSR count). The van der Waals surface area contributed by atoms with Gasteiger partial charge in [-0.25, -0.2) is 0 Å². The normalized spacial score (nSPS) is 14.3. The molecule has 0 spiro atoms. The van der Waals surface area contributed by atoms with Crippen LogP contribution < -0.4 is 0 Å². The zero-order valence-electron chi connectivity index (χ0n) is 14.2. The van der Waals surface area contributed by atoms with Gasteiger partial charge < -0.3 is 19.8 Å². The molecule has 8 heteroatoms. The van der Waals surface area contributed by atoms with E-state index >= 15 is 0 Å². The number of aromatic nitrogens is 1. The van der Waals surface area contributed by atoms with Crippen LogP contribution in [0.1, 0.15) is 15.9 Å². The Bertz CT molecular complexity index is 782. The van der Waals surface area contributed by atoms with Gasteiger partial charge in [0.1, 0.15) is 0 Å². The van der Waals surface area contributed by atoms with Crippen molar-refractivity contribution in [2.75, 3.05) is 33.2 Å². The zero-order chi connectivity index (χ0) is 16.4. The number of piperazine rings is 1. The minimum Gasteiger partial charge on any atom is -0.535 e. The topological polar surface area (TPSA) is 68.8 Å². The number of carbonyl (C=O) groups excluding carboxylic acids is 2. The predicted molar refractivity (Wildman–Crippen MR) is 87.7 cm³/mol. The van der Waals surface area contributed by atoms with Crippen LogP contribution in [0.4, 0.5) is 0 Å². The van der Waals surface area contributed by atoms with Crippen molar-refractivity contribution in [3.05, 3.63) is 35.5 Å². The third kappa shape index (κ3) is 4.66. The zero-order valence-corrected chi connectivity index (χ0v) is 20.0. The van der Waals surface area contributed by atoms with Crippen LogP contribution in [0.25, 0.3) is 10.9 Å². The molecule has 0 saturated carbocycles. The molecular weight excluding hydrogens is 565 g/mol. The average molecular weight is 583 g/mol. The fourth-order valence-electron chi connectivity index (χ4n) is 2.81. The van der Waals surface area contributed by atoms with Gasteiger partial charge in [-0.3, -0.25) is 15.9 Å². The first kappa shape index (κ1) is 22.2. The Morgan fingerprint density at radius 3 is 2.60 bits per heavy atom. The summed E-state index contributed by atoms with van der Waals surface area (Å²) in [5, 5.41) is 0.674. The van der Waals surface area contributed by atoms with Gasteiger partial charge in [-0.05, 0) is 24.3 Å². The monoisotopic (exact) mass is 583 g/mol. The molecule has 2 aromatic rings. The number of hydrogen-bond acceptors (Lipinski definition) is 3. The summed E-state index contributed by atoms with van der Waals surface area (Å²) in [5.74, 6) is -0.950. The van der Waals surface area contributed by atoms with Crippen LogP contribution in [0, 0.1) is 13.0 Å². The Labute approximate surface area is 186 Å². The number of rotatable bonds is 3. The maximum absolute atomic E-state index is 12.6. The second kappa shape index (κ2) is 9.75. The van der Waals surface area contributed by atoms with E-state index in [1.807, 2.05) is 17.9 Å². The van der Waals surface area contributed by atoms with E-state index in [0.717, 1.165) is 11.1 Å². The van der Waals surface area contributed by atoms with Crippen molar-refractivity contribution >= 4 is 28.9 Å². The number of benzene rings is 1.